The van der Waals surface area contributed by atoms with Crippen molar-refractivity contribution >= 4 is 11.8 Å². The summed E-state index contributed by atoms with van der Waals surface area (Å²) in [6.45, 7) is 1.18. The number of primary amides is 1. The highest BCUT2D eigenvalue weighted by atomic mass is 16.2. The van der Waals surface area contributed by atoms with E-state index in [1.807, 2.05) is 23.1 Å². The van der Waals surface area contributed by atoms with Gasteiger partial charge in [-0.3, -0.25) is 14.6 Å². The van der Waals surface area contributed by atoms with Crippen molar-refractivity contribution in [2.24, 2.45) is 17.1 Å². The molecule has 2 fully saturated rings. The number of aromatic nitrogens is 1. The van der Waals surface area contributed by atoms with Crippen LogP contribution in [0.4, 0.5) is 0 Å². The molecular formula is C25H31N3O2. The minimum atomic E-state index is -0.695. The van der Waals surface area contributed by atoms with Crippen molar-refractivity contribution in [3.05, 3.63) is 54.4 Å². The molecule has 0 bridgehead atoms. The molecule has 0 spiro atoms. The maximum Gasteiger partial charge on any atom is 0.225 e. The van der Waals surface area contributed by atoms with E-state index in [0.717, 1.165) is 61.8 Å². The molecule has 30 heavy (non-hydrogen) atoms. The maximum absolute atomic E-state index is 13.1. The highest BCUT2D eigenvalue weighted by Crippen LogP contribution is 2.36. The first-order chi connectivity index (χ1) is 14.6. The van der Waals surface area contributed by atoms with Crippen molar-refractivity contribution in [3.63, 3.8) is 0 Å². The summed E-state index contributed by atoms with van der Waals surface area (Å²) in [5, 5.41) is 0. The standard InChI is InChI=1S/C25H31N3O2/c26-24(30)25(12-5-15-28(18-25)23(29)21-7-2-1-3-8-21)17-19-6-4-9-22(16-19)20-10-13-27-14-11-20/h4,6,9-11,13-14,16,21H,1-3,5,7-8,12,15,17-18H2,(H2,26,30). The summed E-state index contributed by atoms with van der Waals surface area (Å²) in [5.41, 5.74) is 8.53. The summed E-state index contributed by atoms with van der Waals surface area (Å²) in [6, 6.07) is 12.2. The quantitative estimate of drug-likeness (QED) is 0.818. The third-order valence-corrected chi connectivity index (χ3v) is 6.85. The summed E-state index contributed by atoms with van der Waals surface area (Å²) in [6.07, 6.45) is 11.1. The molecule has 4 rings (SSSR count). The van der Waals surface area contributed by atoms with E-state index in [1.54, 1.807) is 12.4 Å². The van der Waals surface area contributed by atoms with Crippen LogP contribution in [0.3, 0.4) is 0 Å². The average molecular weight is 406 g/mol. The largest absolute Gasteiger partial charge is 0.369 e. The number of nitrogens with zero attached hydrogens (tertiary/aromatic N) is 2. The molecular weight excluding hydrogens is 374 g/mol. The van der Waals surface area contributed by atoms with Gasteiger partial charge in [0.25, 0.3) is 0 Å². The zero-order valence-corrected chi connectivity index (χ0v) is 17.6. The molecule has 1 aliphatic carbocycles. The fourth-order valence-electron chi connectivity index (χ4n) is 5.16. The van der Waals surface area contributed by atoms with Crippen molar-refractivity contribution in [1.29, 1.82) is 0 Å². The van der Waals surface area contributed by atoms with E-state index < -0.39 is 5.41 Å². The summed E-state index contributed by atoms with van der Waals surface area (Å²) in [5.74, 6) is 0.0564. The van der Waals surface area contributed by atoms with Gasteiger partial charge < -0.3 is 10.6 Å². The average Bonchev–Trinajstić information content (AvgIpc) is 2.80. The molecule has 2 aliphatic rings. The van der Waals surface area contributed by atoms with Crippen LogP contribution < -0.4 is 5.73 Å². The van der Waals surface area contributed by atoms with Gasteiger partial charge in [0.1, 0.15) is 0 Å². The number of carbonyl (C=O) groups is 2. The van der Waals surface area contributed by atoms with Crippen molar-refractivity contribution in [3.8, 4) is 11.1 Å². The van der Waals surface area contributed by atoms with Gasteiger partial charge in [-0.15, -0.1) is 0 Å². The van der Waals surface area contributed by atoms with Gasteiger partial charge >= 0.3 is 0 Å². The van der Waals surface area contributed by atoms with Gasteiger partial charge in [-0.05, 0) is 60.9 Å². The molecule has 1 atom stereocenters. The van der Waals surface area contributed by atoms with Crippen LogP contribution in [0.2, 0.25) is 0 Å². The molecule has 158 valence electrons. The Morgan fingerprint density at radius 2 is 1.80 bits per heavy atom. The lowest BCUT2D eigenvalue weighted by Crippen LogP contribution is -2.54. The first kappa shape index (κ1) is 20.6. The van der Waals surface area contributed by atoms with Crippen molar-refractivity contribution in [2.45, 2.75) is 51.4 Å². The van der Waals surface area contributed by atoms with Crippen molar-refractivity contribution < 1.29 is 9.59 Å². The number of likely N-dealkylation sites (tertiary alicyclic amines) is 1. The topological polar surface area (TPSA) is 76.3 Å². The van der Waals surface area contributed by atoms with Crippen LogP contribution in [0.25, 0.3) is 11.1 Å². The third kappa shape index (κ3) is 4.40. The lowest BCUT2D eigenvalue weighted by atomic mass is 9.73. The van der Waals surface area contributed by atoms with Gasteiger partial charge in [-0.1, -0.05) is 43.5 Å². The molecule has 2 amide bonds. The van der Waals surface area contributed by atoms with Crippen LogP contribution in [0.15, 0.2) is 48.8 Å². The molecule has 2 N–H and O–H groups in total. The number of nitrogens with two attached hydrogens (primary N) is 1. The van der Waals surface area contributed by atoms with Gasteiger partial charge in [0.2, 0.25) is 11.8 Å². The smallest absolute Gasteiger partial charge is 0.225 e. The van der Waals surface area contributed by atoms with Crippen LogP contribution >= 0.6 is 0 Å². The number of amides is 2. The molecule has 5 heteroatoms. The molecule has 1 aromatic carbocycles. The zero-order valence-electron chi connectivity index (χ0n) is 17.6. The molecule has 2 aromatic rings. The number of carbonyl (C=O) groups excluding carboxylic acids is 2. The van der Waals surface area contributed by atoms with Crippen LogP contribution in [0.1, 0.15) is 50.5 Å². The van der Waals surface area contributed by atoms with Crippen molar-refractivity contribution in [2.75, 3.05) is 13.1 Å². The minimum Gasteiger partial charge on any atom is -0.369 e. The number of hydrogen-bond acceptors (Lipinski definition) is 3. The second-order valence-electron chi connectivity index (χ2n) is 8.96. The van der Waals surface area contributed by atoms with Crippen LogP contribution in [0, 0.1) is 11.3 Å². The van der Waals surface area contributed by atoms with Crippen LogP contribution in [0.5, 0.6) is 0 Å². The van der Waals surface area contributed by atoms with E-state index in [1.165, 1.54) is 6.42 Å². The van der Waals surface area contributed by atoms with Gasteiger partial charge in [-0.2, -0.15) is 0 Å². The number of pyridine rings is 1. The highest BCUT2D eigenvalue weighted by molar-refractivity contribution is 5.84. The van der Waals surface area contributed by atoms with E-state index in [2.05, 4.69) is 23.2 Å². The summed E-state index contributed by atoms with van der Waals surface area (Å²) < 4.78 is 0. The number of piperidine rings is 1. The number of benzene rings is 1. The van der Waals surface area contributed by atoms with E-state index in [0.29, 0.717) is 13.0 Å². The molecule has 1 unspecified atom stereocenters. The second kappa shape index (κ2) is 8.99. The predicted molar refractivity (Wildman–Crippen MR) is 117 cm³/mol. The monoisotopic (exact) mass is 405 g/mol. The summed E-state index contributed by atoms with van der Waals surface area (Å²) in [7, 11) is 0. The Kier molecular flexibility index (Phi) is 6.16. The first-order valence-electron chi connectivity index (χ1n) is 11.2. The van der Waals surface area contributed by atoms with Gasteiger partial charge in [0.05, 0.1) is 5.41 Å². The SMILES string of the molecule is NC(=O)C1(Cc2cccc(-c3ccncc3)c2)CCCN(C(=O)C2CCCCC2)C1. The Morgan fingerprint density at radius 1 is 1.03 bits per heavy atom. The Morgan fingerprint density at radius 3 is 2.53 bits per heavy atom. The minimum absolute atomic E-state index is 0.123. The molecule has 2 heterocycles. The van der Waals surface area contributed by atoms with E-state index in [9.17, 15) is 9.59 Å². The Balaban J connectivity index is 1.54. The highest BCUT2D eigenvalue weighted by Gasteiger charge is 2.43. The second-order valence-corrected chi connectivity index (χ2v) is 8.96. The fraction of sp³-hybridized carbons (Fsp3) is 0.480. The summed E-state index contributed by atoms with van der Waals surface area (Å²) in [4.78, 5) is 31.8. The molecule has 1 saturated carbocycles. The fourth-order valence-corrected chi connectivity index (χ4v) is 5.16. The van der Waals surface area contributed by atoms with E-state index in [-0.39, 0.29) is 17.7 Å². The number of rotatable bonds is 5. The van der Waals surface area contributed by atoms with E-state index in [4.69, 9.17) is 5.73 Å². The predicted octanol–water partition coefficient (Wildman–Crippen LogP) is 3.97. The molecule has 0 radical (unpaired) electrons. The first-order valence-corrected chi connectivity index (χ1v) is 11.2. The van der Waals surface area contributed by atoms with Gasteiger partial charge in [0, 0.05) is 31.4 Å². The normalized spacial score (nSPS) is 22.6. The Labute approximate surface area is 178 Å². The van der Waals surface area contributed by atoms with E-state index >= 15 is 0 Å². The van der Waals surface area contributed by atoms with Crippen LogP contribution in [-0.4, -0.2) is 34.8 Å². The van der Waals surface area contributed by atoms with Crippen LogP contribution in [-0.2, 0) is 16.0 Å². The zero-order chi connectivity index (χ0) is 21.0. The molecule has 1 aromatic heterocycles. The Bertz CT molecular complexity index is 892. The number of hydrogen-bond donors (Lipinski definition) is 1. The van der Waals surface area contributed by atoms with Gasteiger partial charge in [0.15, 0.2) is 0 Å². The lowest BCUT2D eigenvalue weighted by Gasteiger charge is -2.42. The lowest BCUT2D eigenvalue weighted by molar-refractivity contribution is -0.143. The molecule has 1 aliphatic heterocycles. The Hall–Kier alpha value is -2.69. The molecule has 1 saturated heterocycles. The van der Waals surface area contributed by atoms with Crippen molar-refractivity contribution in [1.82, 2.24) is 9.88 Å². The third-order valence-electron chi connectivity index (χ3n) is 6.85. The van der Waals surface area contributed by atoms with Gasteiger partial charge in [-0.25, -0.2) is 0 Å². The summed E-state index contributed by atoms with van der Waals surface area (Å²) >= 11 is 0. The molecule has 5 nitrogen and oxygen atoms in total. The maximum atomic E-state index is 13.1.